The molecule has 14 heavy (non-hydrogen) atoms. The van der Waals surface area contributed by atoms with Crippen molar-refractivity contribution >= 4 is 12.0 Å². The molecule has 0 fully saturated rings. The highest BCUT2D eigenvalue weighted by Crippen LogP contribution is 2.33. The molecule has 2 heteroatoms. The number of allylic oxidation sites excluding steroid dienone is 1. The lowest BCUT2D eigenvalue weighted by molar-refractivity contribution is 0.0941. The van der Waals surface area contributed by atoms with E-state index in [1.807, 2.05) is 25.3 Å². The van der Waals surface area contributed by atoms with E-state index in [1.54, 1.807) is 4.57 Å². The number of carbonyl (C=O) groups is 1. The molecule has 2 rings (SSSR count). The third-order valence-corrected chi connectivity index (χ3v) is 2.54. The Morgan fingerprint density at radius 2 is 1.93 bits per heavy atom. The number of rotatable bonds is 0. The number of fused-ring (bicyclic) bond motifs is 1. The van der Waals surface area contributed by atoms with Crippen LogP contribution in [0.25, 0.3) is 6.08 Å². The Morgan fingerprint density at radius 3 is 2.43 bits per heavy atom. The molecule has 0 unspecified atom stereocenters. The van der Waals surface area contributed by atoms with Gasteiger partial charge in [0.05, 0.1) is 0 Å². The smallest absolute Gasteiger partial charge is 0.258 e. The number of aromatic nitrogens is 1. The highest BCUT2D eigenvalue weighted by atomic mass is 16.2. The zero-order valence-electron chi connectivity index (χ0n) is 9.09. The maximum atomic E-state index is 12.0. The van der Waals surface area contributed by atoms with Crippen molar-refractivity contribution < 1.29 is 4.79 Å². The lowest BCUT2D eigenvalue weighted by Crippen LogP contribution is -2.18. The van der Waals surface area contributed by atoms with Crippen molar-refractivity contribution in [2.24, 2.45) is 5.41 Å². The lowest BCUT2D eigenvalue weighted by atomic mass is 9.86. The van der Waals surface area contributed by atoms with Crippen molar-refractivity contribution in [3.8, 4) is 0 Å². The van der Waals surface area contributed by atoms with Gasteiger partial charge in [-0.25, -0.2) is 0 Å². The Kier molecular flexibility index (Phi) is 1.71. The summed E-state index contributed by atoms with van der Waals surface area (Å²) in [5.41, 5.74) is 2.98. The van der Waals surface area contributed by atoms with Crippen LogP contribution in [0.2, 0.25) is 0 Å². The minimum absolute atomic E-state index is 0.0655. The van der Waals surface area contributed by atoms with Crippen molar-refractivity contribution in [1.29, 1.82) is 0 Å². The topological polar surface area (TPSA) is 22.0 Å². The molecule has 0 aliphatic carbocycles. The first-order chi connectivity index (χ1) is 6.39. The van der Waals surface area contributed by atoms with E-state index in [0.29, 0.717) is 0 Å². The molecule has 0 bridgehead atoms. The second kappa shape index (κ2) is 2.59. The van der Waals surface area contributed by atoms with E-state index in [9.17, 15) is 4.79 Å². The largest absolute Gasteiger partial charge is 0.284 e. The first-order valence-corrected chi connectivity index (χ1v) is 4.85. The van der Waals surface area contributed by atoms with Gasteiger partial charge in [-0.2, -0.15) is 0 Å². The van der Waals surface area contributed by atoms with Gasteiger partial charge in [0.15, 0.2) is 0 Å². The lowest BCUT2D eigenvalue weighted by Gasteiger charge is -2.18. The monoisotopic (exact) mass is 189 g/mol. The first-order valence-electron chi connectivity index (χ1n) is 4.85. The minimum atomic E-state index is -0.0655. The van der Waals surface area contributed by atoms with E-state index in [0.717, 1.165) is 16.8 Å². The number of hydrogen-bond donors (Lipinski definition) is 0. The molecule has 2 heterocycles. The standard InChI is InChI=1S/C12H15NO/c1-8-5-9-6-10(12(2,3)4)11(14)13(9)7-8/h5-7H,1-4H3. The summed E-state index contributed by atoms with van der Waals surface area (Å²) in [7, 11) is 0. The van der Waals surface area contributed by atoms with Crippen LogP contribution in [-0.2, 0) is 0 Å². The molecular weight excluding hydrogens is 174 g/mol. The predicted molar refractivity (Wildman–Crippen MR) is 57.2 cm³/mol. The van der Waals surface area contributed by atoms with Crippen molar-refractivity contribution in [3.63, 3.8) is 0 Å². The fourth-order valence-electron chi connectivity index (χ4n) is 1.78. The Bertz CT molecular complexity index is 430. The Hall–Kier alpha value is -1.31. The summed E-state index contributed by atoms with van der Waals surface area (Å²) in [6, 6.07) is 2.04. The molecule has 74 valence electrons. The van der Waals surface area contributed by atoms with Crippen molar-refractivity contribution in [1.82, 2.24) is 4.57 Å². The van der Waals surface area contributed by atoms with Gasteiger partial charge in [-0.1, -0.05) is 20.8 Å². The first kappa shape index (κ1) is 9.25. The second-order valence-electron chi connectivity index (χ2n) is 4.93. The summed E-state index contributed by atoms with van der Waals surface area (Å²) in [5.74, 6) is 0.126. The third-order valence-electron chi connectivity index (χ3n) is 2.54. The molecule has 0 radical (unpaired) electrons. The van der Waals surface area contributed by atoms with Crippen molar-refractivity contribution in [2.45, 2.75) is 27.7 Å². The third kappa shape index (κ3) is 1.22. The van der Waals surface area contributed by atoms with Crippen LogP contribution in [0.4, 0.5) is 0 Å². The molecule has 0 aromatic carbocycles. The summed E-state index contributed by atoms with van der Waals surface area (Å²) in [6.45, 7) is 8.20. The van der Waals surface area contributed by atoms with Gasteiger partial charge in [-0.3, -0.25) is 9.36 Å². The summed E-state index contributed by atoms with van der Waals surface area (Å²) in [5, 5.41) is 0. The van der Waals surface area contributed by atoms with Gasteiger partial charge in [-0.05, 0) is 30.0 Å². The van der Waals surface area contributed by atoms with Gasteiger partial charge < -0.3 is 0 Å². The molecule has 2 nitrogen and oxygen atoms in total. The van der Waals surface area contributed by atoms with Crippen LogP contribution >= 0.6 is 0 Å². The van der Waals surface area contributed by atoms with E-state index in [4.69, 9.17) is 0 Å². The predicted octanol–water partition coefficient (Wildman–Crippen LogP) is 2.88. The molecule has 1 aliphatic heterocycles. The van der Waals surface area contributed by atoms with Crippen LogP contribution in [0, 0.1) is 12.3 Å². The summed E-state index contributed by atoms with van der Waals surface area (Å²) in [6.07, 6.45) is 3.89. The van der Waals surface area contributed by atoms with Crippen LogP contribution in [0.15, 0.2) is 17.8 Å². The molecule has 0 atom stereocenters. The van der Waals surface area contributed by atoms with Gasteiger partial charge >= 0.3 is 0 Å². The van der Waals surface area contributed by atoms with Gasteiger partial charge in [0.25, 0.3) is 5.91 Å². The van der Waals surface area contributed by atoms with E-state index < -0.39 is 0 Å². The molecule has 0 amide bonds. The van der Waals surface area contributed by atoms with Gasteiger partial charge in [-0.15, -0.1) is 0 Å². The Balaban J connectivity index is 2.51. The molecule has 1 aromatic heterocycles. The number of hydrogen-bond acceptors (Lipinski definition) is 1. The quantitative estimate of drug-likeness (QED) is 0.615. The summed E-state index contributed by atoms with van der Waals surface area (Å²) < 4.78 is 1.73. The Morgan fingerprint density at radius 1 is 1.29 bits per heavy atom. The van der Waals surface area contributed by atoms with E-state index in [2.05, 4.69) is 20.8 Å². The highest BCUT2D eigenvalue weighted by molar-refractivity contribution is 6.05. The second-order valence-corrected chi connectivity index (χ2v) is 4.93. The molecular formula is C12H15NO. The van der Waals surface area contributed by atoms with Crippen LogP contribution in [0.1, 0.15) is 36.8 Å². The molecule has 0 spiro atoms. The number of aryl methyl sites for hydroxylation is 1. The maximum Gasteiger partial charge on any atom is 0.258 e. The zero-order chi connectivity index (χ0) is 10.5. The van der Waals surface area contributed by atoms with E-state index in [1.165, 1.54) is 0 Å². The maximum absolute atomic E-state index is 12.0. The average Bonchev–Trinajstić information content (AvgIpc) is 2.49. The van der Waals surface area contributed by atoms with E-state index >= 15 is 0 Å². The number of nitrogens with zero attached hydrogens (tertiary/aromatic N) is 1. The minimum Gasteiger partial charge on any atom is -0.284 e. The zero-order valence-corrected chi connectivity index (χ0v) is 9.09. The molecule has 0 saturated heterocycles. The number of carbonyl (C=O) groups excluding carboxylic acids is 1. The highest BCUT2D eigenvalue weighted by Gasteiger charge is 2.30. The van der Waals surface area contributed by atoms with E-state index in [-0.39, 0.29) is 11.3 Å². The van der Waals surface area contributed by atoms with Gasteiger partial charge in [0.2, 0.25) is 0 Å². The molecule has 0 N–H and O–H groups in total. The average molecular weight is 189 g/mol. The molecule has 1 aromatic rings. The SMILES string of the molecule is Cc1cc2n(c1)C(=O)C(C(C)(C)C)=C2. The fraction of sp³-hybridized carbons (Fsp3) is 0.417. The van der Waals surface area contributed by atoms with Crippen molar-refractivity contribution in [3.05, 3.63) is 29.1 Å². The normalized spacial score (nSPS) is 15.7. The van der Waals surface area contributed by atoms with Crippen LogP contribution < -0.4 is 0 Å². The van der Waals surface area contributed by atoms with Gasteiger partial charge in [0.1, 0.15) is 0 Å². The molecule has 0 saturated carbocycles. The van der Waals surface area contributed by atoms with Crippen LogP contribution in [-0.4, -0.2) is 10.5 Å². The van der Waals surface area contributed by atoms with Crippen molar-refractivity contribution in [2.75, 3.05) is 0 Å². The Labute approximate surface area is 84.2 Å². The summed E-state index contributed by atoms with van der Waals surface area (Å²) >= 11 is 0. The fourth-order valence-corrected chi connectivity index (χ4v) is 1.78. The van der Waals surface area contributed by atoms with Crippen LogP contribution in [0.5, 0.6) is 0 Å². The van der Waals surface area contributed by atoms with Crippen LogP contribution in [0.3, 0.4) is 0 Å². The summed E-state index contributed by atoms with van der Waals surface area (Å²) in [4.78, 5) is 12.0. The van der Waals surface area contributed by atoms with Gasteiger partial charge in [0, 0.05) is 17.5 Å². The molecule has 1 aliphatic rings.